The third kappa shape index (κ3) is 12.8. The highest BCUT2D eigenvalue weighted by molar-refractivity contribution is 5.89. The second-order valence-electron chi connectivity index (χ2n) is 11.9. The lowest BCUT2D eigenvalue weighted by Crippen LogP contribution is -2.63. The van der Waals surface area contributed by atoms with Crippen LogP contribution in [0.1, 0.15) is 53.5 Å². The lowest BCUT2D eigenvalue weighted by Gasteiger charge is -2.45. The molecule has 3 rings (SSSR count). The maximum absolute atomic E-state index is 13.1. The number of esters is 7. The lowest BCUT2D eigenvalue weighted by molar-refractivity contribution is -0.331. The summed E-state index contributed by atoms with van der Waals surface area (Å²) in [7, 11) is 0. The third-order valence-corrected chi connectivity index (χ3v) is 7.51. The van der Waals surface area contributed by atoms with Gasteiger partial charge in [-0.2, -0.15) is 0 Å². The van der Waals surface area contributed by atoms with Gasteiger partial charge in [-0.05, 0) is 17.7 Å². The molecule has 2 aliphatic rings. The third-order valence-electron chi connectivity index (χ3n) is 7.51. The number of hydrogen-bond acceptors (Lipinski definition) is 19. The van der Waals surface area contributed by atoms with Gasteiger partial charge in [0.1, 0.15) is 12.7 Å². The standard InChI is InChI=1S/C35H40O20/c1-16(37)47-15-28-30(51-19(4)40)31(52-20(5)41)32(53-21(6)42)35(54-28)55-34-24(13-36)23(25(14-48-34)33(44)45)12-29(43)46-10-9-22-7-8-26(49-17(2)38)27(11-22)50-18(3)39/h7-8,11,13-14,23,28,30-32,34-36H,9-10,12,15H2,1-6H3,(H,44,45)/b24-13+/t23-,28-,30-,31+,32-,34+,35+/m0/s1. The summed E-state index contributed by atoms with van der Waals surface area (Å²) < 4.78 is 53.8. The van der Waals surface area contributed by atoms with E-state index in [-0.39, 0.29) is 30.1 Å². The number of ether oxygens (including phenoxy) is 10. The zero-order valence-corrected chi connectivity index (χ0v) is 30.5. The molecule has 2 N–H and O–H groups in total. The van der Waals surface area contributed by atoms with Crippen molar-refractivity contribution in [1.82, 2.24) is 0 Å². The average Bonchev–Trinajstić information content (AvgIpc) is 3.06. The predicted octanol–water partition coefficient (Wildman–Crippen LogP) is 1.50. The summed E-state index contributed by atoms with van der Waals surface area (Å²) in [5, 5.41) is 20.2. The maximum atomic E-state index is 13.1. The predicted molar refractivity (Wildman–Crippen MR) is 176 cm³/mol. The van der Waals surface area contributed by atoms with E-state index in [0.717, 1.165) is 47.8 Å². The summed E-state index contributed by atoms with van der Waals surface area (Å²) in [5.74, 6) is -8.77. The molecule has 0 aromatic heterocycles. The van der Waals surface area contributed by atoms with E-state index in [1.807, 2.05) is 0 Å². The molecular weight excluding hydrogens is 740 g/mol. The molecule has 0 bridgehead atoms. The summed E-state index contributed by atoms with van der Waals surface area (Å²) in [6.45, 7) is 5.63. The molecule has 20 heteroatoms. The topological polar surface area (TPSA) is 269 Å². The second-order valence-corrected chi connectivity index (χ2v) is 11.9. The minimum absolute atomic E-state index is 0.0140. The Morgan fingerprint density at radius 1 is 0.745 bits per heavy atom. The van der Waals surface area contributed by atoms with Gasteiger partial charge in [-0.1, -0.05) is 6.07 Å². The van der Waals surface area contributed by atoms with Crippen molar-refractivity contribution in [2.75, 3.05) is 13.2 Å². The van der Waals surface area contributed by atoms with Crippen molar-refractivity contribution in [2.24, 2.45) is 5.92 Å². The van der Waals surface area contributed by atoms with Crippen molar-refractivity contribution in [2.45, 2.75) is 91.4 Å². The number of aliphatic hydroxyl groups excluding tert-OH is 1. The van der Waals surface area contributed by atoms with E-state index in [0.29, 0.717) is 11.8 Å². The van der Waals surface area contributed by atoms with Crippen molar-refractivity contribution >= 4 is 47.8 Å². The van der Waals surface area contributed by atoms with E-state index in [1.54, 1.807) is 0 Å². The highest BCUT2D eigenvalue weighted by Crippen LogP contribution is 2.37. The lowest BCUT2D eigenvalue weighted by atomic mass is 9.87. The number of carboxylic acid groups (broad SMARTS) is 1. The van der Waals surface area contributed by atoms with Crippen LogP contribution < -0.4 is 9.47 Å². The summed E-state index contributed by atoms with van der Waals surface area (Å²) in [4.78, 5) is 96.3. The van der Waals surface area contributed by atoms with Crippen molar-refractivity contribution < 1.29 is 95.9 Å². The fourth-order valence-electron chi connectivity index (χ4n) is 5.44. The number of hydrogen-bond donors (Lipinski definition) is 2. The number of carbonyl (C=O) groups is 8. The number of rotatable bonds is 15. The summed E-state index contributed by atoms with van der Waals surface area (Å²) in [6, 6.07) is 4.32. The van der Waals surface area contributed by atoms with Crippen LogP contribution in [-0.4, -0.2) is 108 Å². The van der Waals surface area contributed by atoms with Gasteiger partial charge in [-0.25, -0.2) is 4.79 Å². The molecule has 1 fully saturated rings. The molecule has 0 radical (unpaired) electrons. The van der Waals surface area contributed by atoms with Gasteiger partial charge in [0.05, 0.1) is 31.1 Å². The number of aliphatic carboxylic acids is 1. The summed E-state index contributed by atoms with van der Waals surface area (Å²) in [5.41, 5.74) is -0.325. The normalized spacial score (nSPS) is 23.9. The largest absolute Gasteiger partial charge is 0.515 e. The molecule has 0 unspecified atom stereocenters. The van der Waals surface area contributed by atoms with Crippen molar-refractivity contribution in [1.29, 1.82) is 0 Å². The average molecular weight is 781 g/mol. The van der Waals surface area contributed by atoms with Crippen LogP contribution in [0.4, 0.5) is 0 Å². The second kappa shape index (κ2) is 19.9. The van der Waals surface area contributed by atoms with Crippen LogP contribution in [0.15, 0.2) is 41.9 Å². The summed E-state index contributed by atoms with van der Waals surface area (Å²) in [6.07, 6.45) is -9.17. The maximum Gasteiger partial charge on any atom is 0.335 e. The van der Waals surface area contributed by atoms with E-state index >= 15 is 0 Å². The highest BCUT2D eigenvalue weighted by atomic mass is 16.8. The Morgan fingerprint density at radius 2 is 1.35 bits per heavy atom. The Balaban J connectivity index is 1.86. The smallest absolute Gasteiger partial charge is 0.335 e. The first-order chi connectivity index (χ1) is 25.9. The molecule has 1 aromatic rings. The Bertz CT molecular complexity index is 1710. The van der Waals surface area contributed by atoms with E-state index in [1.165, 1.54) is 18.2 Å². The first kappa shape index (κ1) is 43.4. The van der Waals surface area contributed by atoms with Gasteiger partial charge in [-0.15, -0.1) is 0 Å². The molecule has 2 heterocycles. The van der Waals surface area contributed by atoms with E-state index in [9.17, 15) is 48.6 Å². The first-order valence-corrected chi connectivity index (χ1v) is 16.4. The molecule has 7 atom stereocenters. The van der Waals surface area contributed by atoms with E-state index in [4.69, 9.17) is 47.4 Å². The van der Waals surface area contributed by atoms with Crippen LogP contribution >= 0.6 is 0 Å². The molecule has 55 heavy (non-hydrogen) atoms. The van der Waals surface area contributed by atoms with Crippen LogP contribution in [0.2, 0.25) is 0 Å². The Kier molecular flexibility index (Phi) is 15.7. The zero-order valence-electron chi connectivity index (χ0n) is 30.5. The van der Waals surface area contributed by atoms with Crippen molar-refractivity contribution in [3.8, 4) is 11.5 Å². The van der Waals surface area contributed by atoms with Gasteiger partial charge in [0, 0.05) is 59.5 Å². The minimum Gasteiger partial charge on any atom is -0.515 e. The SMILES string of the molecule is CC(=O)OC[C@@H]1O[C@H](O[C@H]2OC=C(C(=O)O)[C@@H](CC(=O)OCCc3ccc(OC(C)=O)c(OC(C)=O)c3)/C2=C\O)[C@@H](OC(C)=O)[C@H](OC(C)=O)[C@H]1OC(C)=O. The van der Waals surface area contributed by atoms with Gasteiger partial charge in [0.15, 0.2) is 29.8 Å². The molecule has 1 aromatic carbocycles. The quantitative estimate of drug-likeness (QED) is 0.110. The van der Waals surface area contributed by atoms with Gasteiger partial charge >= 0.3 is 47.8 Å². The fraction of sp³-hybridized carbons (Fsp3) is 0.486. The molecule has 0 aliphatic carbocycles. The van der Waals surface area contributed by atoms with Gasteiger partial charge in [0.25, 0.3) is 0 Å². The molecular formula is C35H40O20. The number of carbonyl (C=O) groups excluding carboxylic acids is 7. The molecule has 20 nitrogen and oxygen atoms in total. The first-order valence-electron chi connectivity index (χ1n) is 16.4. The number of benzene rings is 1. The summed E-state index contributed by atoms with van der Waals surface area (Å²) >= 11 is 0. The Labute approximate surface area is 313 Å². The number of carboxylic acids is 1. The van der Waals surface area contributed by atoms with Crippen LogP contribution in [0, 0.1) is 5.92 Å². The van der Waals surface area contributed by atoms with Crippen LogP contribution in [0.5, 0.6) is 11.5 Å². The van der Waals surface area contributed by atoms with Crippen LogP contribution in [0.3, 0.4) is 0 Å². The molecule has 2 aliphatic heterocycles. The van der Waals surface area contributed by atoms with Gasteiger partial charge in [-0.3, -0.25) is 33.6 Å². The molecule has 0 saturated carbocycles. The minimum atomic E-state index is -1.79. The monoisotopic (exact) mass is 780 g/mol. The Morgan fingerprint density at radius 3 is 1.91 bits per heavy atom. The van der Waals surface area contributed by atoms with Gasteiger partial charge < -0.3 is 57.6 Å². The van der Waals surface area contributed by atoms with E-state index in [2.05, 4.69) is 0 Å². The molecule has 0 amide bonds. The number of aliphatic hydroxyl groups is 1. The van der Waals surface area contributed by atoms with Crippen molar-refractivity contribution in [3.05, 3.63) is 47.4 Å². The van der Waals surface area contributed by atoms with Gasteiger partial charge in [0.2, 0.25) is 12.6 Å². The molecule has 300 valence electrons. The van der Waals surface area contributed by atoms with E-state index < -0.39 is 109 Å². The van der Waals surface area contributed by atoms with Crippen LogP contribution in [-0.2, 0) is 82.7 Å². The van der Waals surface area contributed by atoms with Crippen molar-refractivity contribution in [3.63, 3.8) is 0 Å². The molecule has 0 spiro atoms. The Hall–Kier alpha value is -6.02. The highest BCUT2D eigenvalue weighted by Gasteiger charge is 2.54. The fourth-order valence-corrected chi connectivity index (χ4v) is 5.44. The molecule has 1 saturated heterocycles. The van der Waals surface area contributed by atoms with Crippen LogP contribution in [0.25, 0.3) is 0 Å². The zero-order chi connectivity index (χ0) is 41.0.